The number of carbonyl (C=O) groups excluding carboxylic acids is 1. The van der Waals surface area contributed by atoms with Gasteiger partial charge in [0.1, 0.15) is 0 Å². The van der Waals surface area contributed by atoms with E-state index < -0.39 is 0 Å². The molecule has 3 nitrogen and oxygen atoms in total. The summed E-state index contributed by atoms with van der Waals surface area (Å²) in [6.45, 7) is 3.54. The van der Waals surface area contributed by atoms with Crippen LogP contribution < -0.4 is 0 Å². The summed E-state index contributed by atoms with van der Waals surface area (Å²) in [6, 6.07) is 0. The molecular weight excluding hydrogens is 246 g/mol. The van der Waals surface area contributed by atoms with Gasteiger partial charge in [0.25, 0.3) is 0 Å². The lowest BCUT2D eigenvalue weighted by Crippen LogP contribution is -2.31. The Bertz CT molecular complexity index is 216. The van der Waals surface area contributed by atoms with Crippen LogP contribution in [0.4, 0.5) is 0 Å². The minimum absolute atomic E-state index is 0.321. The molecule has 0 aromatic heterocycles. The molecule has 2 rings (SSSR count). The van der Waals surface area contributed by atoms with Crippen LogP contribution in [-0.2, 0) is 9.53 Å². The molecule has 4 heteroatoms. The van der Waals surface area contributed by atoms with Crippen molar-refractivity contribution in [2.24, 2.45) is 11.8 Å². The summed E-state index contributed by atoms with van der Waals surface area (Å²) < 4.78 is 5.31. The Labute approximate surface area is 92.9 Å². The summed E-state index contributed by atoms with van der Waals surface area (Å²) in [6.07, 6.45) is 1.83. The Kier molecular flexibility index (Phi) is 3.44. The molecule has 2 heterocycles. The molecule has 2 aliphatic rings. The second-order valence-corrected chi connectivity index (χ2v) is 4.90. The molecule has 14 heavy (non-hydrogen) atoms. The first-order chi connectivity index (χ1) is 6.79. The maximum absolute atomic E-state index is 11.6. The van der Waals surface area contributed by atoms with Gasteiger partial charge >= 0.3 is 0 Å². The molecule has 80 valence electrons. The van der Waals surface area contributed by atoms with E-state index in [4.69, 9.17) is 4.74 Å². The van der Waals surface area contributed by atoms with Crippen molar-refractivity contribution in [2.45, 2.75) is 12.8 Å². The van der Waals surface area contributed by atoms with E-state index in [2.05, 4.69) is 15.9 Å². The van der Waals surface area contributed by atoms with Crippen molar-refractivity contribution < 1.29 is 9.53 Å². The number of likely N-dealkylation sites (tertiary alicyclic amines) is 1. The van der Waals surface area contributed by atoms with Crippen LogP contribution in [0.25, 0.3) is 0 Å². The lowest BCUT2D eigenvalue weighted by molar-refractivity contribution is -0.128. The Morgan fingerprint density at radius 3 is 2.93 bits per heavy atom. The summed E-state index contributed by atoms with van der Waals surface area (Å²) in [4.78, 5) is 13.6. The van der Waals surface area contributed by atoms with Gasteiger partial charge in [-0.3, -0.25) is 4.79 Å². The summed E-state index contributed by atoms with van der Waals surface area (Å²) in [5, 5.41) is 0.941. The van der Waals surface area contributed by atoms with Crippen LogP contribution in [0.2, 0.25) is 0 Å². The van der Waals surface area contributed by atoms with Crippen molar-refractivity contribution >= 4 is 21.8 Å². The SMILES string of the molecule is O=C1CC(CBr)CN1CC1CCOC1. The summed E-state index contributed by atoms with van der Waals surface area (Å²) in [7, 11) is 0. The van der Waals surface area contributed by atoms with Crippen LogP contribution in [0.15, 0.2) is 0 Å². The summed E-state index contributed by atoms with van der Waals surface area (Å²) >= 11 is 3.44. The topological polar surface area (TPSA) is 29.5 Å². The summed E-state index contributed by atoms with van der Waals surface area (Å²) in [5.74, 6) is 1.42. The number of halogens is 1. The van der Waals surface area contributed by atoms with Gasteiger partial charge < -0.3 is 9.64 Å². The van der Waals surface area contributed by atoms with Crippen molar-refractivity contribution in [3.63, 3.8) is 0 Å². The molecule has 0 bridgehead atoms. The molecule has 0 N–H and O–H groups in total. The van der Waals surface area contributed by atoms with E-state index in [0.717, 1.165) is 44.5 Å². The van der Waals surface area contributed by atoms with Crippen LogP contribution in [-0.4, -0.2) is 42.4 Å². The number of hydrogen-bond acceptors (Lipinski definition) is 2. The van der Waals surface area contributed by atoms with E-state index >= 15 is 0 Å². The van der Waals surface area contributed by atoms with Gasteiger partial charge in [-0.1, -0.05) is 15.9 Å². The van der Waals surface area contributed by atoms with Gasteiger partial charge in [0.05, 0.1) is 6.61 Å². The normalized spacial score (nSPS) is 32.9. The Hall–Kier alpha value is -0.0900. The minimum atomic E-state index is 0.321. The first-order valence-corrected chi connectivity index (χ1v) is 6.33. The number of amides is 1. The van der Waals surface area contributed by atoms with Crippen molar-refractivity contribution in [1.29, 1.82) is 0 Å². The highest BCUT2D eigenvalue weighted by atomic mass is 79.9. The van der Waals surface area contributed by atoms with Crippen molar-refractivity contribution in [3.8, 4) is 0 Å². The average molecular weight is 262 g/mol. The highest BCUT2D eigenvalue weighted by molar-refractivity contribution is 9.09. The van der Waals surface area contributed by atoms with Crippen LogP contribution in [0.1, 0.15) is 12.8 Å². The Morgan fingerprint density at radius 1 is 1.50 bits per heavy atom. The van der Waals surface area contributed by atoms with Gasteiger partial charge in [-0.15, -0.1) is 0 Å². The molecule has 1 amide bonds. The number of nitrogens with zero attached hydrogens (tertiary/aromatic N) is 1. The second-order valence-electron chi connectivity index (χ2n) is 4.25. The number of alkyl halides is 1. The predicted molar refractivity (Wildman–Crippen MR) is 57.4 cm³/mol. The zero-order valence-electron chi connectivity index (χ0n) is 8.25. The molecule has 0 radical (unpaired) electrons. The van der Waals surface area contributed by atoms with Gasteiger partial charge in [-0.25, -0.2) is 0 Å². The molecule has 0 aromatic rings. The number of ether oxygens (including phenoxy) is 1. The molecule has 0 saturated carbocycles. The second kappa shape index (κ2) is 4.62. The molecule has 2 aliphatic heterocycles. The van der Waals surface area contributed by atoms with E-state index in [0.29, 0.717) is 17.7 Å². The van der Waals surface area contributed by atoms with Gasteiger partial charge in [0.15, 0.2) is 0 Å². The number of carbonyl (C=O) groups is 1. The smallest absolute Gasteiger partial charge is 0.222 e. The number of hydrogen-bond donors (Lipinski definition) is 0. The van der Waals surface area contributed by atoms with E-state index in [9.17, 15) is 4.79 Å². The fourth-order valence-corrected chi connectivity index (χ4v) is 2.61. The highest BCUT2D eigenvalue weighted by Gasteiger charge is 2.31. The monoisotopic (exact) mass is 261 g/mol. The fraction of sp³-hybridized carbons (Fsp3) is 0.900. The van der Waals surface area contributed by atoms with Crippen LogP contribution >= 0.6 is 15.9 Å². The van der Waals surface area contributed by atoms with Gasteiger partial charge in [-0.2, -0.15) is 0 Å². The third kappa shape index (κ3) is 2.28. The van der Waals surface area contributed by atoms with Crippen molar-refractivity contribution in [1.82, 2.24) is 4.90 Å². The van der Waals surface area contributed by atoms with Crippen molar-refractivity contribution in [2.75, 3.05) is 31.6 Å². The standard InChI is InChI=1S/C10H16BrNO2/c11-4-9-3-10(13)12(6-9)5-8-1-2-14-7-8/h8-9H,1-7H2. The van der Waals surface area contributed by atoms with Crippen LogP contribution in [0.5, 0.6) is 0 Å². The Balaban J connectivity index is 1.82. The maximum Gasteiger partial charge on any atom is 0.222 e. The minimum Gasteiger partial charge on any atom is -0.381 e. The molecule has 2 fully saturated rings. The first kappa shape index (κ1) is 10.4. The highest BCUT2D eigenvalue weighted by Crippen LogP contribution is 2.22. The quantitative estimate of drug-likeness (QED) is 0.717. The molecule has 0 aliphatic carbocycles. The zero-order valence-corrected chi connectivity index (χ0v) is 9.83. The van der Waals surface area contributed by atoms with Gasteiger partial charge in [0.2, 0.25) is 5.91 Å². The molecule has 0 spiro atoms. The zero-order chi connectivity index (χ0) is 9.97. The molecular formula is C10H16BrNO2. The fourth-order valence-electron chi connectivity index (χ4n) is 2.17. The first-order valence-electron chi connectivity index (χ1n) is 5.21. The molecule has 0 aromatic carbocycles. The third-order valence-electron chi connectivity index (χ3n) is 3.02. The lowest BCUT2D eigenvalue weighted by Gasteiger charge is -2.19. The van der Waals surface area contributed by atoms with Gasteiger partial charge in [0, 0.05) is 37.4 Å². The van der Waals surface area contributed by atoms with E-state index in [1.807, 2.05) is 4.90 Å². The van der Waals surface area contributed by atoms with E-state index in [1.54, 1.807) is 0 Å². The molecule has 2 atom stereocenters. The summed E-state index contributed by atoms with van der Waals surface area (Å²) in [5.41, 5.74) is 0. The largest absolute Gasteiger partial charge is 0.381 e. The van der Waals surface area contributed by atoms with Crippen molar-refractivity contribution in [3.05, 3.63) is 0 Å². The van der Waals surface area contributed by atoms with E-state index in [-0.39, 0.29) is 0 Å². The molecule has 2 unspecified atom stereocenters. The van der Waals surface area contributed by atoms with Crippen LogP contribution in [0, 0.1) is 11.8 Å². The average Bonchev–Trinajstić information content (AvgIpc) is 2.78. The van der Waals surface area contributed by atoms with E-state index in [1.165, 1.54) is 0 Å². The maximum atomic E-state index is 11.6. The van der Waals surface area contributed by atoms with Gasteiger partial charge in [-0.05, 0) is 12.3 Å². The lowest BCUT2D eigenvalue weighted by atomic mass is 10.1. The predicted octanol–water partition coefficient (Wildman–Crippen LogP) is 1.27. The van der Waals surface area contributed by atoms with Crippen LogP contribution in [0.3, 0.4) is 0 Å². The molecule has 2 saturated heterocycles. The Morgan fingerprint density at radius 2 is 2.36 bits per heavy atom. The number of rotatable bonds is 3. The third-order valence-corrected chi connectivity index (χ3v) is 3.93.